The van der Waals surface area contributed by atoms with E-state index < -0.39 is 0 Å². The quantitative estimate of drug-likeness (QED) is 0.485. The van der Waals surface area contributed by atoms with Gasteiger partial charge in [0.2, 0.25) is 5.91 Å². The molecule has 1 heterocycles. The van der Waals surface area contributed by atoms with E-state index in [9.17, 15) is 4.79 Å². The van der Waals surface area contributed by atoms with Gasteiger partial charge in [-0.05, 0) is 65.5 Å². The molecule has 2 aliphatic rings. The third-order valence-corrected chi connectivity index (χ3v) is 5.76. The highest BCUT2D eigenvalue weighted by Crippen LogP contribution is 2.22. The average Bonchev–Trinajstić information content (AvgIpc) is 3.12. The van der Waals surface area contributed by atoms with Gasteiger partial charge in [0, 0.05) is 32.7 Å². The van der Waals surface area contributed by atoms with Crippen molar-refractivity contribution in [3.63, 3.8) is 0 Å². The summed E-state index contributed by atoms with van der Waals surface area (Å²) in [6, 6.07) is 0.940. The molecule has 0 radical (unpaired) electrons. The van der Waals surface area contributed by atoms with Crippen LogP contribution in [0.4, 0.5) is 0 Å². The minimum Gasteiger partial charge on any atom is -0.376 e. The number of carbonyl (C=O) groups excluding carboxylic acids is 1. The highest BCUT2D eigenvalue weighted by atomic mass is 16.5. The van der Waals surface area contributed by atoms with Gasteiger partial charge in [0.25, 0.3) is 0 Å². The van der Waals surface area contributed by atoms with Crippen molar-refractivity contribution < 1.29 is 9.53 Å². The van der Waals surface area contributed by atoms with Crippen LogP contribution in [0.1, 0.15) is 59.3 Å². The van der Waals surface area contributed by atoms with Gasteiger partial charge in [0.05, 0.1) is 12.2 Å². The maximum absolute atomic E-state index is 12.0. The Balaban J connectivity index is 1.89. The fourth-order valence-electron chi connectivity index (χ4n) is 4.12. The van der Waals surface area contributed by atoms with E-state index in [0.717, 1.165) is 44.7 Å². The molecule has 1 saturated heterocycles. The van der Waals surface area contributed by atoms with Crippen molar-refractivity contribution >= 4 is 11.9 Å². The summed E-state index contributed by atoms with van der Waals surface area (Å²) in [6.45, 7) is 9.75. The molecule has 0 spiro atoms. The predicted octanol–water partition coefficient (Wildman–Crippen LogP) is 1.83. The lowest BCUT2D eigenvalue weighted by Gasteiger charge is -2.31. The number of hydrogen-bond donors (Lipinski definition) is 2. The SMILES string of the molecule is CCN1CCCC1CNC(=NCC(=O)N(C)C)NC1CCC(OC(C)C)CC1. The van der Waals surface area contributed by atoms with Crippen molar-refractivity contribution in [1.82, 2.24) is 20.4 Å². The Labute approximate surface area is 171 Å². The van der Waals surface area contributed by atoms with Gasteiger partial charge in [0.1, 0.15) is 6.54 Å². The average molecular weight is 396 g/mol. The summed E-state index contributed by atoms with van der Waals surface area (Å²) >= 11 is 0. The lowest BCUT2D eigenvalue weighted by Crippen LogP contribution is -2.49. The summed E-state index contributed by atoms with van der Waals surface area (Å²) in [5, 5.41) is 7.08. The Kier molecular flexibility index (Phi) is 9.51. The third kappa shape index (κ3) is 7.59. The molecule has 0 aromatic rings. The number of amides is 1. The standard InChI is InChI=1S/C21H41N5O2/c1-6-26-13-7-8-18(26)14-22-21(23-15-20(27)25(4)5)24-17-9-11-19(12-10-17)28-16(2)3/h16-19H,6-15H2,1-5H3,(H2,22,23,24). The fraction of sp³-hybridized carbons (Fsp3) is 0.905. The van der Waals surface area contributed by atoms with Gasteiger partial charge >= 0.3 is 0 Å². The maximum atomic E-state index is 12.0. The van der Waals surface area contributed by atoms with Crippen molar-refractivity contribution in [2.75, 3.05) is 40.3 Å². The summed E-state index contributed by atoms with van der Waals surface area (Å²) in [4.78, 5) is 20.7. The van der Waals surface area contributed by atoms with Gasteiger partial charge in [-0.2, -0.15) is 0 Å². The van der Waals surface area contributed by atoms with Crippen LogP contribution in [0.15, 0.2) is 4.99 Å². The van der Waals surface area contributed by atoms with Crippen LogP contribution in [0.3, 0.4) is 0 Å². The molecule has 28 heavy (non-hydrogen) atoms. The maximum Gasteiger partial charge on any atom is 0.243 e. The van der Waals surface area contributed by atoms with Crippen LogP contribution < -0.4 is 10.6 Å². The lowest BCUT2D eigenvalue weighted by atomic mass is 9.93. The summed E-state index contributed by atoms with van der Waals surface area (Å²) in [7, 11) is 3.54. The zero-order chi connectivity index (χ0) is 20.5. The molecule has 2 rings (SSSR count). The second-order valence-electron chi connectivity index (χ2n) is 8.56. The number of rotatable bonds is 8. The largest absolute Gasteiger partial charge is 0.376 e. The number of nitrogens with one attached hydrogen (secondary N) is 2. The molecule has 1 atom stereocenters. The van der Waals surface area contributed by atoms with E-state index in [1.807, 2.05) is 0 Å². The molecule has 1 aliphatic heterocycles. The summed E-state index contributed by atoms with van der Waals surface area (Å²) < 4.78 is 5.96. The number of guanidine groups is 1. The van der Waals surface area contributed by atoms with Crippen LogP contribution in [0, 0.1) is 0 Å². The summed E-state index contributed by atoms with van der Waals surface area (Å²) in [5.74, 6) is 0.789. The van der Waals surface area contributed by atoms with Gasteiger partial charge in [-0.25, -0.2) is 4.99 Å². The van der Waals surface area contributed by atoms with E-state index in [2.05, 4.69) is 41.3 Å². The molecule has 7 heteroatoms. The Morgan fingerprint density at radius 3 is 2.54 bits per heavy atom. The monoisotopic (exact) mass is 395 g/mol. The molecule has 2 fully saturated rings. The number of likely N-dealkylation sites (tertiary alicyclic amines) is 1. The van der Waals surface area contributed by atoms with E-state index in [1.54, 1.807) is 19.0 Å². The van der Waals surface area contributed by atoms with Gasteiger partial charge in [-0.1, -0.05) is 6.92 Å². The van der Waals surface area contributed by atoms with Crippen molar-refractivity contribution in [2.45, 2.75) is 83.6 Å². The Morgan fingerprint density at radius 2 is 1.93 bits per heavy atom. The highest BCUT2D eigenvalue weighted by molar-refractivity contribution is 5.85. The van der Waals surface area contributed by atoms with E-state index in [1.165, 1.54) is 19.4 Å². The smallest absolute Gasteiger partial charge is 0.243 e. The van der Waals surface area contributed by atoms with Crippen LogP contribution in [0.5, 0.6) is 0 Å². The number of ether oxygens (including phenoxy) is 1. The minimum atomic E-state index is 0.0196. The first-order valence-electron chi connectivity index (χ1n) is 11.0. The topological polar surface area (TPSA) is 69.2 Å². The molecule has 2 N–H and O–H groups in total. The van der Waals surface area contributed by atoms with Crippen molar-refractivity contribution in [3.8, 4) is 0 Å². The number of nitrogens with zero attached hydrogens (tertiary/aromatic N) is 3. The zero-order valence-corrected chi connectivity index (χ0v) is 18.5. The molecule has 1 aliphatic carbocycles. The Morgan fingerprint density at radius 1 is 1.21 bits per heavy atom. The van der Waals surface area contributed by atoms with Crippen molar-refractivity contribution in [2.24, 2.45) is 4.99 Å². The zero-order valence-electron chi connectivity index (χ0n) is 18.5. The van der Waals surface area contributed by atoms with E-state index in [4.69, 9.17) is 4.74 Å². The molecule has 1 saturated carbocycles. The lowest BCUT2D eigenvalue weighted by molar-refractivity contribution is -0.127. The number of hydrogen-bond acceptors (Lipinski definition) is 4. The molecule has 1 amide bonds. The van der Waals surface area contributed by atoms with E-state index in [-0.39, 0.29) is 12.5 Å². The molecule has 7 nitrogen and oxygen atoms in total. The Hall–Kier alpha value is -1.34. The number of aliphatic imine (C=N–C) groups is 1. The first kappa shape index (κ1) is 22.9. The third-order valence-electron chi connectivity index (χ3n) is 5.76. The Bertz CT molecular complexity index is 501. The van der Waals surface area contributed by atoms with Gasteiger partial charge < -0.3 is 20.3 Å². The van der Waals surface area contributed by atoms with Crippen LogP contribution in [-0.2, 0) is 9.53 Å². The fourth-order valence-corrected chi connectivity index (χ4v) is 4.12. The minimum absolute atomic E-state index is 0.0196. The highest BCUT2D eigenvalue weighted by Gasteiger charge is 2.25. The van der Waals surface area contributed by atoms with E-state index >= 15 is 0 Å². The first-order valence-corrected chi connectivity index (χ1v) is 11.0. The molecular formula is C21H41N5O2. The molecule has 162 valence electrons. The van der Waals surface area contributed by atoms with Crippen molar-refractivity contribution in [1.29, 1.82) is 0 Å². The second-order valence-corrected chi connectivity index (χ2v) is 8.56. The first-order chi connectivity index (χ1) is 13.4. The predicted molar refractivity (Wildman–Crippen MR) is 115 cm³/mol. The van der Waals surface area contributed by atoms with Gasteiger partial charge in [-0.15, -0.1) is 0 Å². The molecule has 0 bridgehead atoms. The molecule has 0 aromatic heterocycles. The van der Waals surface area contributed by atoms with Crippen LogP contribution >= 0.6 is 0 Å². The summed E-state index contributed by atoms with van der Waals surface area (Å²) in [5.41, 5.74) is 0. The van der Waals surface area contributed by atoms with Crippen molar-refractivity contribution in [3.05, 3.63) is 0 Å². The normalized spacial score (nSPS) is 26.5. The summed E-state index contributed by atoms with van der Waals surface area (Å²) in [6.07, 6.45) is 7.45. The van der Waals surface area contributed by atoms with Gasteiger partial charge in [0.15, 0.2) is 5.96 Å². The number of carbonyl (C=O) groups is 1. The van der Waals surface area contributed by atoms with Gasteiger partial charge in [-0.3, -0.25) is 9.69 Å². The van der Waals surface area contributed by atoms with E-state index in [0.29, 0.717) is 24.3 Å². The molecule has 1 unspecified atom stereocenters. The van der Waals surface area contributed by atoms with Crippen LogP contribution in [0.2, 0.25) is 0 Å². The van der Waals surface area contributed by atoms with Crippen LogP contribution in [0.25, 0.3) is 0 Å². The molecular weight excluding hydrogens is 354 g/mol. The number of likely N-dealkylation sites (N-methyl/N-ethyl adjacent to an activating group) is 2. The van der Waals surface area contributed by atoms with Crippen LogP contribution in [-0.4, -0.2) is 86.2 Å². The second kappa shape index (κ2) is 11.6. The molecule has 0 aromatic carbocycles.